The van der Waals surface area contributed by atoms with E-state index in [1.165, 1.54) is 0 Å². The average molecular weight is 266 g/mol. The highest BCUT2D eigenvalue weighted by molar-refractivity contribution is 5.78. The Balaban J connectivity index is 1.79. The number of carbonyl (C=O) groups is 2. The van der Waals surface area contributed by atoms with Gasteiger partial charge in [-0.15, -0.1) is 0 Å². The summed E-state index contributed by atoms with van der Waals surface area (Å²) < 4.78 is 5.19. The molecule has 0 aliphatic carbocycles. The van der Waals surface area contributed by atoms with Crippen LogP contribution in [0.25, 0.3) is 0 Å². The van der Waals surface area contributed by atoms with Gasteiger partial charge in [0.15, 0.2) is 0 Å². The van der Waals surface area contributed by atoms with Crippen LogP contribution in [0.5, 0.6) is 0 Å². The predicted octanol–water partition coefficient (Wildman–Crippen LogP) is 0.645. The highest BCUT2D eigenvalue weighted by Gasteiger charge is 2.29. The van der Waals surface area contributed by atoms with Gasteiger partial charge in [-0.05, 0) is 25.1 Å². The molecule has 1 aliphatic heterocycles. The van der Waals surface area contributed by atoms with E-state index in [-0.39, 0.29) is 18.4 Å². The van der Waals surface area contributed by atoms with Gasteiger partial charge < -0.3 is 14.4 Å². The second-order valence-electron chi connectivity index (χ2n) is 4.89. The second-order valence-corrected chi connectivity index (χ2v) is 4.89. The summed E-state index contributed by atoms with van der Waals surface area (Å²) in [5.41, 5.74) is 0. The third kappa shape index (κ3) is 3.57. The lowest BCUT2D eigenvalue weighted by atomic mass is 10.1. The summed E-state index contributed by atoms with van der Waals surface area (Å²) in [6.07, 6.45) is 2.19. The van der Waals surface area contributed by atoms with E-state index in [4.69, 9.17) is 9.52 Å². The third-order valence-electron chi connectivity index (χ3n) is 3.38. The number of furan rings is 1. The largest absolute Gasteiger partial charge is 0.481 e. The Hall–Kier alpha value is -1.82. The molecule has 1 amide bonds. The Labute approximate surface area is 111 Å². The maximum Gasteiger partial charge on any atom is 0.307 e. The smallest absolute Gasteiger partial charge is 0.307 e. The number of likely N-dealkylation sites (N-methyl/N-ethyl adjacent to an activating group) is 1. The average Bonchev–Trinajstić information content (AvgIpc) is 2.99. The number of hydrogen-bond acceptors (Lipinski definition) is 4. The molecular weight excluding hydrogens is 248 g/mol. The van der Waals surface area contributed by atoms with Crippen molar-refractivity contribution in [1.29, 1.82) is 0 Å². The Kier molecular flexibility index (Phi) is 4.21. The molecule has 0 radical (unpaired) electrons. The van der Waals surface area contributed by atoms with Gasteiger partial charge in [0.05, 0.1) is 25.3 Å². The molecule has 1 N–H and O–H groups in total. The molecule has 1 atom stereocenters. The summed E-state index contributed by atoms with van der Waals surface area (Å²) in [5, 5.41) is 8.91. The second kappa shape index (κ2) is 5.88. The molecular formula is C13H18N2O4. The first-order valence-electron chi connectivity index (χ1n) is 6.28. The minimum Gasteiger partial charge on any atom is -0.481 e. The van der Waals surface area contributed by atoms with Crippen LogP contribution in [-0.4, -0.2) is 53.5 Å². The summed E-state index contributed by atoms with van der Waals surface area (Å²) >= 11 is 0. The maximum atomic E-state index is 12.0. The lowest BCUT2D eigenvalue weighted by Gasteiger charge is -2.20. The van der Waals surface area contributed by atoms with Gasteiger partial charge in [0, 0.05) is 13.6 Å². The van der Waals surface area contributed by atoms with Crippen LogP contribution in [0.2, 0.25) is 0 Å². The van der Waals surface area contributed by atoms with E-state index < -0.39 is 5.97 Å². The molecule has 1 unspecified atom stereocenters. The summed E-state index contributed by atoms with van der Waals surface area (Å²) in [4.78, 5) is 26.3. The number of carboxylic acids is 1. The van der Waals surface area contributed by atoms with Crippen LogP contribution in [0.1, 0.15) is 12.2 Å². The highest BCUT2D eigenvalue weighted by Crippen LogP contribution is 2.16. The molecule has 1 fully saturated rings. The monoisotopic (exact) mass is 266 g/mol. The molecule has 0 aromatic carbocycles. The van der Waals surface area contributed by atoms with Crippen molar-refractivity contribution >= 4 is 11.9 Å². The molecule has 104 valence electrons. The van der Waals surface area contributed by atoms with Crippen molar-refractivity contribution in [3.8, 4) is 0 Å². The molecule has 0 bridgehead atoms. The van der Waals surface area contributed by atoms with Gasteiger partial charge in [0.2, 0.25) is 5.91 Å². The van der Waals surface area contributed by atoms with E-state index in [0.29, 0.717) is 26.1 Å². The predicted molar refractivity (Wildman–Crippen MR) is 67.4 cm³/mol. The first-order chi connectivity index (χ1) is 9.06. The Bertz CT molecular complexity index is 444. The quantitative estimate of drug-likeness (QED) is 0.846. The standard InChI is InChI=1S/C13H18N2O4/c1-14(8-11-3-2-6-19-11)12(16)9-15-5-4-10(7-15)13(17)18/h2-3,6,10H,4-5,7-9H2,1H3,(H,17,18). The lowest BCUT2D eigenvalue weighted by molar-refractivity contribution is -0.141. The van der Waals surface area contributed by atoms with E-state index in [9.17, 15) is 9.59 Å². The fourth-order valence-corrected chi connectivity index (χ4v) is 2.21. The van der Waals surface area contributed by atoms with Crippen LogP contribution >= 0.6 is 0 Å². The maximum absolute atomic E-state index is 12.0. The number of likely N-dealkylation sites (tertiary alicyclic amines) is 1. The van der Waals surface area contributed by atoms with E-state index in [1.807, 2.05) is 11.0 Å². The summed E-state index contributed by atoms with van der Waals surface area (Å²) in [5.74, 6) is -0.412. The van der Waals surface area contributed by atoms with E-state index in [1.54, 1.807) is 24.3 Å². The van der Waals surface area contributed by atoms with Crippen LogP contribution in [0.3, 0.4) is 0 Å². The van der Waals surface area contributed by atoms with Crippen molar-refractivity contribution in [3.05, 3.63) is 24.2 Å². The topological polar surface area (TPSA) is 74.0 Å². The zero-order valence-electron chi connectivity index (χ0n) is 10.9. The first kappa shape index (κ1) is 13.6. The summed E-state index contributed by atoms with van der Waals surface area (Å²) in [6, 6.07) is 3.60. The zero-order chi connectivity index (χ0) is 13.8. The molecule has 1 aromatic heterocycles. The number of aliphatic carboxylic acids is 1. The number of rotatable bonds is 5. The SMILES string of the molecule is CN(Cc1ccco1)C(=O)CN1CCC(C(=O)O)C1. The van der Waals surface area contributed by atoms with Gasteiger partial charge in [0.25, 0.3) is 0 Å². The van der Waals surface area contributed by atoms with Crippen LogP contribution in [0.15, 0.2) is 22.8 Å². The molecule has 1 aliphatic rings. The van der Waals surface area contributed by atoms with Crippen molar-refractivity contribution in [1.82, 2.24) is 9.80 Å². The first-order valence-corrected chi connectivity index (χ1v) is 6.28. The van der Waals surface area contributed by atoms with Crippen molar-refractivity contribution in [2.24, 2.45) is 5.92 Å². The van der Waals surface area contributed by atoms with Gasteiger partial charge in [-0.3, -0.25) is 14.5 Å². The molecule has 1 aromatic rings. The normalized spacial score (nSPS) is 19.5. The molecule has 19 heavy (non-hydrogen) atoms. The summed E-state index contributed by atoms with van der Waals surface area (Å²) in [7, 11) is 1.72. The minimum absolute atomic E-state index is 0.0255. The zero-order valence-corrected chi connectivity index (χ0v) is 10.9. The van der Waals surface area contributed by atoms with Gasteiger partial charge in [-0.1, -0.05) is 0 Å². The molecule has 2 rings (SSSR count). The van der Waals surface area contributed by atoms with Gasteiger partial charge in [0.1, 0.15) is 5.76 Å². The molecule has 0 spiro atoms. The lowest BCUT2D eigenvalue weighted by Crippen LogP contribution is -2.37. The fraction of sp³-hybridized carbons (Fsp3) is 0.538. The Morgan fingerprint density at radius 2 is 2.37 bits per heavy atom. The van der Waals surface area contributed by atoms with Crippen molar-refractivity contribution in [2.45, 2.75) is 13.0 Å². The number of carboxylic acid groups (broad SMARTS) is 1. The van der Waals surface area contributed by atoms with Gasteiger partial charge in [-0.25, -0.2) is 0 Å². The molecule has 2 heterocycles. The molecule has 6 nitrogen and oxygen atoms in total. The number of amides is 1. The van der Waals surface area contributed by atoms with Gasteiger partial charge >= 0.3 is 5.97 Å². The van der Waals surface area contributed by atoms with Crippen LogP contribution in [0.4, 0.5) is 0 Å². The van der Waals surface area contributed by atoms with Crippen molar-refractivity contribution in [3.63, 3.8) is 0 Å². The minimum atomic E-state index is -0.779. The highest BCUT2D eigenvalue weighted by atomic mass is 16.4. The van der Waals surface area contributed by atoms with E-state index in [2.05, 4.69) is 0 Å². The van der Waals surface area contributed by atoms with Crippen molar-refractivity contribution in [2.75, 3.05) is 26.7 Å². The fourth-order valence-electron chi connectivity index (χ4n) is 2.21. The van der Waals surface area contributed by atoms with Crippen LogP contribution < -0.4 is 0 Å². The number of hydrogen-bond donors (Lipinski definition) is 1. The Morgan fingerprint density at radius 1 is 1.58 bits per heavy atom. The molecule has 0 saturated carbocycles. The number of carbonyl (C=O) groups excluding carboxylic acids is 1. The van der Waals surface area contributed by atoms with E-state index >= 15 is 0 Å². The van der Waals surface area contributed by atoms with Crippen LogP contribution in [-0.2, 0) is 16.1 Å². The van der Waals surface area contributed by atoms with E-state index in [0.717, 1.165) is 5.76 Å². The molecule has 6 heteroatoms. The van der Waals surface area contributed by atoms with Gasteiger partial charge in [-0.2, -0.15) is 0 Å². The number of nitrogens with zero attached hydrogens (tertiary/aromatic N) is 2. The molecule has 1 saturated heterocycles. The Morgan fingerprint density at radius 3 is 2.95 bits per heavy atom. The third-order valence-corrected chi connectivity index (χ3v) is 3.38. The summed E-state index contributed by atoms with van der Waals surface area (Å²) in [6.45, 7) is 1.82. The van der Waals surface area contributed by atoms with Crippen molar-refractivity contribution < 1.29 is 19.1 Å². The van der Waals surface area contributed by atoms with Crippen LogP contribution in [0, 0.1) is 5.92 Å².